The number of hydrogen-bond acceptors (Lipinski definition) is 15. The van der Waals surface area contributed by atoms with Gasteiger partial charge in [0, 0.05) is 25.7 Å². The van der Waals surface area contributed by atoms with E-state index in [-0.39, 0.29) is 25.7 Å². The van der Waals surface area contributed by atoms with Gasteiger partial charge in [0.2, 0.25) is 0 Å². The number of rotatable bonds is 71. The van der Waals surface area contributed by atoms with E-state index >= 15 is 0 Å². The zero-order valence-electron chi connectivity index (χ0n) is 60.9. The van der Waals surface area contributed by atoms with Crippen LogP contribution < -0.4 is 0 Å². The molecule has 17 nitrogen and oxygen atoms in total. The van der Waals surface area contributed by atoms with Crippen LogP contribution in [-0.2, 0) is 65.4 Å². The van der Waals surface area contributed by atoms with Crippen molar-refractivity contribution >= 4 is 39.5 Å². The maximum Gasteiger partial charge on any atom is 0.472 e. The molecule has 0 aliphatic carbocycles. The van der Waals surface area contributed by atoms with Crippen molar-refractivity contribution in [2.75, 3.05) is 39.6 Å². The van der Waals surface area contributed by atoms with Crippen molar-refractivity contribution in [2.24, 2.45) is 23.7 Å². The molecule has 0 aromatic rings. The largest absolute Gasteiger partial charge is 0.472 e. The Hall–Kier alpha value is -1.94. The Bertz CT molecular complexity index is 1830. The summed E-state index contributed by atoms with van der Waals surface area (Å²) in [6.07, 6.45) is 47.6. The molecule has 0 aliphatic heterocycles. The minimum absolute atomic E-state index is 0.101. The fraction of sp³-hybridized carbons (Fsp3) is 0.946. The van der Waals surface area contributed by atoms with Gasteiger partial charge < -0.3 is 33.8 Å². The Kier molecular flexibility index (Phi) is 62.2. The van der Waals surface area contributed by atoms with Gasteiger partial charge in [0.15, 0.2) is 12.2 Å². The highest BCUT2D eigenvalue weighted by Crippen LogP contribution is 2.45. The maximum atomic E-state index is 13.0. The maximum absolute atomic E-state index is 13.0. The number of phosphoric acid groups is 2. The number of aliphatic hydroxyl groups is 1. The second-order valence-corrected chi connectivity index (χ2v) is 31.5. The SMILES string of the molecule is CC(C)CCCCCCCCCCCCCCCCCCCCC(=O)O[C@H](COC(=O)CCCCCCCCCC(C)C)COP(=O)(O)OCC(O)COP(=O)(O)OC[C@@H](COC(=O)CCCCCCCCCCCCC(C)C)OC(=O)CCCCCCCCC(C)C. The molecule has 0 aromatic heterocycles. The van der Waals surface area contributed by atoms with Crippen LogP contribution in [-0.4, -0.2) is 96.7 Å². The van der Waals surface area contributed by atoms with E-state index in [4.69, 9.17) is 37.0 Å². The number of carbonyl (C=O) groups excluding carboxylic acids is 4. The van der Waals surface area contributed by atoms with Crippen molar-refractivity contribution < 1.29 is 80.2 Å². The highest BCUT2D eigenvalue weighted by molar-refractivity contribution is 7.47. The van der Waals surface area contributed by atoms with Crippen molar-refractivity contribution in [3.05, 3.63) is 0 Å². The summed E-state index contributed by atoms with van der Waals surface area (Å²) in [7, 11) is -9.91. The minimum Gasteiger partial charge on any atom is -0.462 e. The molecular formula is C74H144O17P2. The molecule has 0 aliphatic rings. The van der Waals surface area contributed by atoms with Crippen LogP contribution in [0.2, 0.25) is 0 Å². The van der Waals surface area contributed by atoms with Gasteiger partial charge in [-0.1, -0.05) is 319 Å². The van der Waals surface area contributed by atoms with E-state index in [1.54, 1.807) is 0 Å². The summed E-state index contributed by atoms with van der Waals surface area (Å²) in [5, 5.41) is 10.6. The Labute approximate surface area is 568 Å². The number of carbonyl (C=O) groups is 4. The summed E-state index contributed by atoms with van der Waals surface area (Å²) in [6.45, 7) is 14.1. The van der Waals surface area contributed by atoms with Gasteiger partial charge in [0.1, 0.15) is 19.3 Å². The number of esters is 4. The minimum atomic E-state index is -4.95. The zero-order chi connectivity index (χ0) is 68.9. The molecule has 3 unspecified atom stereocenters. The topological polar surface area (TPSA) is 237 Å². The lowest BCUT2D eigenvalue weighted by molar-refractivity contribution is -0.161. The van der Waals surface area contributed by atoms with Crippen LogP contribution in [0.4, 0.5) is 0 Å². The number of unbranched alkanes of at least 4 members (excludes halogenated alkanes) is 37. The summed E-state index contributed by atoms with van der Waals surface area (Å²) >= 11 is 0. The number of hydrogen-bond donors (Lipinski definition) is 3. The lowest BCUT2D eigenvalue weighted by atomic mass is 10.0. The van der Waals surface area contributed by atoms with E-state index < -0.39 is 97.5 Å². The molecule has 0 rings (SSSR count). The van der Waals surface area contributed by atoms with Crippen LogP contribution in [0.3, 0.4) is 0 Å². The van der Waals surface area contributed by atoms with Crippen molar-refractivity contribution in [1.29, 1.82) is 0 Å². The Morgan fingerprint density at radius 2 is 0.452 bits per heavy atom. The number of ether oxygens (including phenoxy) is 4. The van der Waals surface area contributed by atoms with Crippen LogP contribution in [0, 0.1) is 23.7 Å². The summed E-state index contributed by atoms with van der Waals surface area (Å²) in [5.41, 5.74) is 0. The molecule has 93 heavy (non-hydrogen) atoms. The second-order valence-electron chi connectivity index (χ2n) is 28.6. The van der Waals surface area contributed by atoms with Gasteiger partial charge in [-0.05, 0) is 49.4 Å². The van der Waals surface area contributed by atoms with Gasteiger partial charge in [0.25, 0.3) is 0 Å². The van der Waals surface area contributed by atoms with Crippen LogP contribution in [0.5, 0.6) is 0 Å². The van der Waals surface area contributed by atoms with E-state index in [1.807, 2.05) is 0 Å². The second kappa shape index (κ2) is 63.5. The standard InChI is InChI=1S/C74H144O17P2/c1-64(2)50-42-34-26-21-17-15-13-11-9-10-12-14-16-18-24-30-40-48-56-73(78)90-69(60-85-72(77)55-47-39-31-25-28-36-44-52-66(5)6)62-88-92(80,81)86-58-68(75)59-87-93(82,83)89-63-70(91-74(79)57-49-41-33-32-37-45-53-67(7)8)61-84-71(76)54-46-38-29-23-20-19-22-27-35-43-51-65(3)4/h64-70,75H,9-63H2,1-8H3,(H,80,81)(H,82,83)/t68?,69-,70-/m1/s1. The van der Waals surface area contributed by atoms with Crippen LogP contribution in [0.15, 0.2) is 0 Å². The molecule has 552 valence electrons. The van der Waals surface area contributed by atoms with Crippen molar-refractivity contribution in [3.8, 4) is 0 Å². The third-order valence-electron chi connectivity index (χ3n) is 17.1. The summed E-state index contributed by atoms with van der Waals surface area (Å²) < 4.78 is 68.3. The molecule has 3 N–H and O–H groups in total. The van der Waals surface area contributed by atoms with Crippen LogP contribution in [0.25, 0.3) is 0 Å². The monoisotopic (exact) mass is 1370 g/mol. The molecule has 0 bridgehead atoms. The van der Waals surface area contributed by atoms with E-state index in [1.165, 1.54) is 167 Å². The highest BCUT2D eigenvalue weighted by Gasteiger charge is 2.30. The van der Waals surface area contributed by atoms with Gasteiger partial charge in [-0.3, -0.25) is 37.3 Å². The average Bonchev–Trinajstić information content (AvgIpc) is 2.30. The summed E-state index contributed by atoms with van der Waals surface area (Å²) in [6, 6.07) is 0. The third kappa shape index (κ3) is 68.4. The molecule has 0 heterocycles. The predicted octanol–water partition coefficient (Wildman–Crippen LogP) is 21.3. The van der Waals surface area contributed by atoms with Crippen molar-refractivity contribution in [3.63, 3.8) is 0 Å². The first kappa shape index (κ1) is 91.1. The van der Waals surface area contributed by atoms with Crippen molar-refractivity contribution in [1.82, 2.24) is 0 Å². The molecule has 0 radical (unpaired) electrons. The smallest absolute Gasteiger partial charge is 0.462 e. The molecule has 0 amide bonds. The quantitative estimate of drug-likeness (QED) is 0.0222. The van der Waals surface area contributed by atoms with E-state index in [9.17, 15) is 43.2 Å². The summed E-state index contributed by atoms with van der Waals surface area (Å²) in [5.74, 6) is 0.823. The normalized spacial score (nSPS) is 14.2. The van der Waals surface area contributed by atoms with Gasteiger partial charge in [-0.25, -0.2) is 9.13 Å². The molecule has 5 atom stereocenters. The first-order chi connectivity index (χ1) is 44.6. The molecule has 0 spiro atoms. The lowest BCUT2D eigenvalue weighted by Crippen LogP contribution is -2.30. The number of phosphoric ester groups is 2. The van der Waals surface area contributed by atoms with E-state index in [0.717, 1.165) is 108 Å². The fourth-order valence-electron chi connectivity index (χ4n) is 11.2. The third-order valence-corrected chi connectivity index (χ3v) is 19.0. The predicted molar refractivity (Wildman–Crippen MR) is 377 cm³/mol. The molecule has 0 aromatic carbocycles. The van der Waals surface area contributed by atoms with Gasteiger partial charge in [-0.2, -0.15) is 0 Å². The molecule has 0 saturated heterocycles. The Morgan fingerprint density at radius 3 is 0.667 bits per heavy atom. The molecular weight excluding hydrogens is 1220 g/mol. The van der Waals surface area contributed by atoms with Crippen molar-refractivity contribution in [2.45, 2.75) is 388 Å². The summed E-state index contributed by atoms with van der Waals surface area (Å²) in [4.78, 5) is 72.6. The lowest BCUT2D eigenvalue weighted by Gasteiger charge is -2.21. The van der Waals surface area contributed by atoms with Gasteiger partial charge >= 0.3 is 39.5 Å². The average molecular weight is 1370 g/mol. The van der Waals surface area contributed by atoms with E-state index in [2.05, 4.69) is 55.4 Å². The first-order valence-electron chi connectivity index (χ1n) is 38.2. The van der Waals surface area contributed by atoms with Gasteiger partial charge in [0.05, 0.1) is 26.4 Å². The number of aliphatic hydroxyl groups excluding tert-OH is 1. The van der Waals surface area contributed by atoms with Gasteiger partial charge in [-0.15, -0.1) is 0 Å². The van der Waals surface area contributed by atoms with Crippen LogP contribution in [0.1, 0.15) is 370 Å². The molecule has 0 fully saturated rings. The Balaban J connectivity index is 5.15. The first-order valence-corrected chi connectivity index (χ1v) is 41.2. The Morgan fingerprint density at radius 1 is 0.269 bits per heavy atom. The highest BCUT2D eigenvalue weighted by atomic mass is 31.2. The zero-order valence-corrected chi connectivity index (χ0v) is 62.7. The van der Waals surface area contributed by atoms with E-state index in [0.29, 0.717) is 37.5 Å². The fourth-order valence-corrected chi connectivity index (χ4v) is 12.8. The molecule has 0 saturated carbocycles. The molecule has 19 heteroatoms. The van der Waals surface area contributed by atoms with Crippen LogP contribution >= 0.6 is 15.6 Å².